The molecule has 3 rings (SSSR count). The molecule has 0 spiro atoms. The smallest absolute Gasteiger partial charge is 0.217 e. The van der Waals surface area contributed by atoms with Crippen LogP contribution in [0.25, 0.3) is 0 Å². The standard InChI is InChI=1S/C18H20N2O3/c1-13(21)19-10-14-2-4-15(5-3-14)20-11-18(12-20)23-17-8-6-16(22)7-9-17/h2-9,18,22H,10-12H2,1H3,(H,19,21). The van der Waals surface area contributed by atoms with Crippen molar-refractivity contribution in [3.05, 3.63) is 54.1 Å². The van der Waals surface area contributed by atoms with Crippen molar-refractivity contribution in [3.63, 3.8) is 0 Å². The lowest BCUT2D eigenvalue weighted by molar-refractivity contribution is -0.119. The Bertz CT molecular complexity index is 662. The summed E-state index contributed by atoms with van der Waals surface area (Å²) in [5, 5.41) is 12.0. The number of aromatic hydroxyl groups is 1. The Morgan fingerprint density at radius 2 is 1.83 bits per heavy atom. The maximum absolute atomic E-state index is 10.9. The number of hydrogen-bond acceptors (Lipinski definition) is 4. The number of rotatable bonds is 5. The van der Waals surface area contributed by atoms with Crippen molar-refractivity contribution in [1.82, 2.24) is 5.32 Å². The van der Waals surface area contributed by atoms with Crippen molar-refractivity contribution < 1.29 is 14.6 Å². The number of benzene rings is 2. The van der Waals surface area contributed by atoms with Gasteiger partial charge in [0, 0.05) is 19.2 Å². The zero-order valence-electron chi connectivity index (χ0n) is 13.0. The summed E-state index contributed by atoms with van der Waals surface area (Å²) in [5.74, 6) is 0.996. The zero-order chi connectivity index (χ0) is 16.2. The predicted molar refractivity (Wildman–Crippen MR) is 88.7 cm³/mol. The second kappa shape index (κ2) is 6.60. The molecule has 1 saturated heterocycles. The largest absolute Gasteiger partial charge is 0.508 e. The minimum absolute atomic E-state index is 0.0222. The Balaban J connectivity index is 1.49. The first-order valence-corrected chi connectivity index (χ1v) is 7.64. The van der Waals surface area contributed by atoms with Gasteiger partial charge in [0.25, 0.3) is 0 Å². The Morgan fingerprint density at radius 1 is 1.17 bits per heavy atom. The van der Waals surface area contributed by atoms with E-state index in [1.54, 1.807) is 24.3 Å². The van der Waals surface area contributed by atoms with Crippen LogP contribution in [0.15, 0.2) is 48.5 Å². The Morgan fingerprint density at radius 3 is 2.43 bits per heavy atom. The summed E-state index contributed by atoms with van der Waals surface area (Å²) in [4.78, 5) is 13.1. The normalized spacial score (nSPS) is 14.2. The third-order valence-electron chi connectivity index (χ3n) is 3.83. The van der Waals surface area contributed by atoms with E-state index in [1.165, 1.54) is 6.92 Å². The number of amides is 1. The molecule has 2 aromatic carbocycles. The van der Waals surface area contributed by atoms with Crippen LogP contribution in [0.3, 0.4) is 0 Å². The highest BCUT2D eigenvalue weighted by Gasteiger charge is 2.28. The molecule has 120 valence electrons. The van der Waals surface area contributed by atoms with Gasteiger partial charge in [-0.25, -0.2) is 0 Å². The van der Waals surface area contributed by atoms with Crippen LogP contribution in [-0.2, 0) is 11.3 Å². The Labute approximate surface area is 135 Å². The summed E-state index contributed by atoms with van der Waals surface area (Å²) in [6.45, 7) is 3.75. The van der Waals surface area contributed by atoms with Crippen molar-refractivity contribution in [2.45, 2.75) is 19.6 Å². The van der Waals surface area contributed by atoms with E-state index in [9.17, 15) is 9.90 Å². The third kappa shape index (κ3) is 3.94. The molecule has 0 bridgehead atoms. The van der Waals surface area contributed by atoms with E-state index < -0.39 is 0 Å². The topological polar surface area (TPSA) is 61.8 Å². The van der Waals surface area contributed by atoms with E-state index >= 15 is 0 Å². The molecule has 5 heteroatoms. The molecule has 0 aliphatic carbocycles. The lowest BCUT2D eigenvalue weighted by Crippen LogP contribution is -2.54. The highest BCUT2D eigenvalue weighted by atomic mass is 16.5. The summed E-state index contributed by atoms with van der Waals surface area (Å²) < 4.78 is 5.85. The molecule has 1 heterocycles. The van der Waals surface area contributed by atoms with E-state index in [0.717, 1.165) is 30.1 Å². The Kier molecular flexibility index (Phi) is 4.37. The SMILES string of the molecule is CC(=O)NCc1ccc(N2CC(Oc3ccc(O)cc3)C2)cc1. The van der Waals surface area contributed by atoms with Crippen LogP contribution in [0, 0.1) is 0 Å². The molecule has 1 amide bonds. The monoisotopic (exact) mass is 312 g/mol. The van der Waals surface area contributed by atoms with Gasteiger partial charge in [0.15, 0.2) is 0 Å². The van der Waals surface area contributed by atoms with Gasteiger partial charge in [0.1, 0.15) is 17.6 Å². The first-order chi connectivity index (χ1) is 11.1. The molecule has 23 heavy (non-hydrogen) atoms. The number of hydrogen-bond donors (Lipinski definition) is 2. The average molecular weight is 312 g/mol. The average Bonchev–Trinajstić information content (AvgIpc) is 2.51. The van der Waals surface area contributed by atoms with Gasteiger partial charge in [0.2, 0.25) is 5.91 Å². The van der Waals surface area contributed by atoms with Gasteiger partial charge in [-0.05, 0) is 42.0 Å². The number of phenolic OH excluding ortho intramolecular Hbond substituents is 1. The molecule has 5 nitrogen and oxygen atoms in total. The van der Waals surface area contributed by atoms with Crippen molar-refractivity contribution >= 4 is 11.6 Å². The van der Waals surface area contributed by atoms with Gasteiger partial charge < -0.3 is 20.1 Å². The van der Waals surface area contributed by atoms with E-state index in [4.69, 9.17) is 4.74 Å². The number of nitrogens with one attached hydrogen (secondary N) is 1. The molecular formula is C18H20N2O3. The van der Waals surface area contributed by atoms with Crippen molar-refractivity contribution in [3.8, 4) is 11.5 Å². The summed E-state index contributed by atoms with van der Waals surface area (Å²) >= 11 is 0. The quantitative estimate of drug-likeness (QED) is 0.889. The second-order valence-electron chi connectivity index (χ2n) is 5.71. The van der Waals surface area contributed by atoms with Crippen LogP contribution in [0.5, 0.6) is 11.5 Å². The first-order valence-electron chi connectivity index (χ1n) is 7.64. The van der Waals surface area contributed by atoms with E-state index in [0.29, 0.717) is 6.54 Å². The summed E-state index contributed by atoms with van der Waals surface area (Å²) in [6.07, 6.45) is 0.165. The summed E-state index contributed by atoms with van der Waals surface area (Å²) in [7, 11) is 0. The molecule has 1 aliphatic heterocycles. The minimum atomic E-state index is -0.0222. The Hall–Kier alpha value is -2.69. The molecule has 0 aromatic heterocycles. The second-order valence-corrected chi connectivity index (χ2v) is 5.71. The van der Waals surface area contributed by atoms with E-state index in [2.05, 4.69) is 22.3 Å². The van der Waals surface area contributed by atoms with Gasteiger partial charge in [-0.15, -0.1) is 0 Å². The van der Waals surface area contributed by atoms with Gasteiger partial charge >= 0.3 is 0 Å². The highest BCUT2D eigenvalue weighted by molar-refractivity contribution is 5.72. The van der Waals surface area contributed by atoms with Crippen LogP contribution in [0.1, 0.15) is 12.5 Å². The van der Waals surface area contributed by atoms with Crippen LogP contribution in [-0.4, -0.2) is 30.2 Å². The van der Waals surface area contributed by atoms with Crippen LogP contribution < -0.4 is 15.0 Å². The number of ether oxygens (including phenoxy) is 1. The number of carbonyl (C=O) groups is 1. The van der Waals surface area contributed by atoms with Gasteiger partial charge in [-0.2, -0.15) is 0 Å². The fourth-order valence-electron chi connectivity index (χ4n) is 2.49. The fraction of sp³-hybridized carbons (Fsp3) is 0.278. The summed E-state index contributed by atoms with van der Waals surface area (Å²) in [5.41, 5.74) is 2.24. The highest BCUT2D eigenvalue weighted by Crippen LogP contribution is 2.25. The van der Waals surface area contributed by atoms with E-state index in [1.807, 2.05) is 12.1 Å². The lowest BCUT2D eigenvalue weighted by atomic mass is 10.1. The minimum Gasteiger partial charge on any atom is -0.508 e. The van der Waals surface area contributed by atoms with Crippen molar-refractivity contribution in [1.29, 1.82) is 0 Å². The predicted octanol–water partition coefficient (Wildman–Crippen LogP) is 2.30. The van der Waals surface area contributed by atoms with Crippen LogP contribution in [0.4, 0.5) is 5.69 Å². The summed E-state index contributed by atoms with van der Waals surface area (Å²) in [6, 6.07) is 15.0. The number of anilines is 1. The van der Waals surface area contributed by atoms with E-state index in [-0.39, 0.29) is 17.8 Å². The number of carbonyl (C=O) groups excluding carboxylic acids is 1. The van der Waals surface area contributed by atoms with Gasteiger partial charge in [-0.1, -0.05) is 12.1 Å². The number of phenols is 1. The van der Waals surface area contributed by atoms with Gasteiger partial charge in [-0.3, -0.25) is 4.79 Å². The van der Waals surface area contributed by atoms with Crippen molar-refractivity contribution in [2.24, 2.45) is 0 Å². The maximum atomic E-state index is 10.9. The lowest BCUT2D eigenvalue weighted by Gasteiger charge is -2.40. The maximum Gasteiger partial charge on any atom is 0.217 e. The molecule has 0 unspecified atom stereocenters. The van der Waals surface area contributed by atoms with Crippen LogP contribution in [0.2, 0.25) is 0 Å². The first kappa shape index (κ1) is 15.2. The molecule has 0 radical (unpaired) electrons. The molecule has 0 atom stereocenters. The zero-order valence-corrected chi connectivity index (χ0v) is 13.0. The molecular weight excluding hydrogens is 292 g/mol. The molecule has 1 fully saturated rings. The molecule has 2 aromatic rings. The number of nitrogens with zero attached hydrogens (tertiary/aromatic N) is 1. The van der Waals surface area contributed by atoms with Gasteiger partial charge in [0.05, 0.1) is 13.1 Å². The molecule has 0 saturated carbocycles. The van der Waals surface area contributed by atoms with Crippen molar-refractivity contribution in [2.75, 3.05) is 18.0 Å². The molecule has 1 aliphatic rings. The molecule has 2 N–H and O–H groups in total. The fourth-order valence-corrected chi connectivity index (χ4v) is 2.49. The third-order valence-corrected chi connectivity index (χ3v) is 3.83. The van der Waals surface area contributed by atoms with Crippen LogP contribution >= 0.6 is 0 Å².